The van der Waals surface area contributed by atoms with Crippen molar-refractivity contribution < 1.29 is 17.3 Å². The van der Waals surface area contributed by atoms with Gasteiger partial charge in [0.1, 0.15) is 0 Å². The van der Waals surface area contributed by atoms with Crippen LogP contribution in [0.3, 0.4) is 0 Å². The summed E-state index contributed by atoms with van der Waals surface area (Å²) in [6.45, 7) is 2.22. The maximum absolute atomic E-state index is 10.9. The van der Waals surface area contributed by atoms with E-state index < -0.39 is 10.1 Å². The molecule has 1 saturated carbocycles. The van der Waals surface area contributed by atoms with E-state index in [-0.39, 0.29) is 0 Å². The molecule has 2 aliphatic rings. The Kier molecular flexibility index (Phi) is 5.26. The number of ether oxygens (including phenoxy) is 1. The van der Waals surface area contributed by atoms with Gasteiger partial charge in [-0.2, -0.15) is 8.42 Å². The number of hydrogen-bond acceptors (Lipinski definition) is 4. The average molecular weight is 290 g/mol. The van der Waals surface area contributed by atoms with Crippen molar-refractivity contribution in [3.05, 3.63) is 0 Å². The Bertz CT molecular complexity index is 361. The molecule has 0 aromatic carbocycles. The van der Waals surface area contributed by atoms with Crippen LogP contribution in [0.1, 0.15) is 51.4 Å². The zero-order valence-electron chi connectivity index (χ0n) is 11.9. The molecule has 1 heterocycles. The summed E-state index contributed by atoms with van der Waals surface area (Å²) in [6, 6.07) is 0. The molecule has 0 aromatic heterocycles. The molecule has 2 fully saturated rings. The van der Waals surface area contributed by atoms with Crippen molar-refractivity contribution in [1.29, 1.82) is 0 Å². The van der Waals surface area contributed by atoms with Gasteiger partial charge in [0.15, 0.2) is 0 Å². The Labute approximate surface area is 117 Å². The minimum absolute atomic E-state index is 0.342. The van der Waals surface area contributed by atoms with Gasteiger partial charge < -0.3 is 4.74 Å². The van der Waals surface area contributed by atoms with E-state index in [1.54, 1.807) is 0 Å². The highest BCUT2D eigenvalue weighted by molar-refractivity contribution is 7.85. The predicted molar refractivity (Wildman–Crippen MR) is 74.5 cm³/mol. The summed E-state index contributed by atoms with van der Waals surface area (Å²) >= 11 is 0. The van der Waals surface area contributed by atoms with E-state index in [0.29, 0.717) is 12.0 Å². The Morgan fingerprint density at radius 2 is 1.79 bits per heavy atom. The van der Waals surface area contributed by atoms with Gasteiger partial charge in [0.05, 0.1) is 12.9 Å². The van der Waals surface area contributed by atoms with Crippen LogP contribution in [0, 0.1) is 11.3 Å². The van der Waals surface area contributed by atoms with Crippen molar-refractivity contribution in [3.63, 3.8) is 0 Å². The van der Waals surface area contributed by atoms with Gasteiger partial charge in [-0.05, 0) is 62.7 Å². The molecule has 0 amide bonds. The van der Waals surface area contributed by atoms with Crippen LogP contribution in [-0.4, -0.2) is 34.5 Å². The van der Waals surface area contributed by atoms with E-state index in [2.05, 4.69) is 0 Å². The van der Waals surface area contributed by atoms with Gasteiger partial charge in [0.25, 0.3) is 10.1 Å². The first-order valence-corrected chi connectivity index (χ1v) is 9.23. The fraction of sp³-hybridized carbons (Fsp3) is 1.00. The van der Waals surface area contributed by atoms with Gasteiger partial charge in [-0.25, -0.2) is 0 Å². The third-order valence-corrected chi connectivity index (χ3v) is 5.37. The SMILES string of the molecule is CS(=O)(=O)OCCCC1CCC2(CCOCC2)CC1. The molecule has 0 unspecified atom stereocenters. The average Bonchev–Trinajstić information content (AvgIpc) is 2.37. The molecule has 5 heteroatoms. The molecule has 0 radical (unpaired) electrons. The van der Waals surface area contributed by atoms with Crippen LogP contribution >= 0.6 is 0 Å². The summed E-state index contributed by atoms with van der Waals surface area (Å²) < 4.78 is 31.9. The first kappa shape index (κ1) is 15.3. The standard InChI is InChI=1S/C14H26O4S/c1-19(15,16)18-10-2-3-13-4-6-14(7-5-13)8-11-17-12-9-14/h13H,2-12H2,1H3. The minimum Gasteiger partial charge on any atom is -0.381 e. The predicted octanol–water partition coefficient (Wildman–Crippen LogP) is 2.73. The van der Waals surface area contributed by atoms with Crippen LogP contribution in [0.5, 0.6) is 0 Å². The number of hydrogen-bond donors (Lipinski definition) is 0. The van der Waals surface area contributed by atoms with Gasteiger partial charge in [0, 0.05) is 13.2 Å². The van der Waals surface area contributed by atoms with Crippen LogP contribution in [0.2, 0.25) is 0 Å². The van der Waals surface area contributed by atoms with E-state index in [1.807, 2.05) is 0 Å². The van der Waals surface area contributed by atoms with Gasteiger partial charge >= 0.3 is 0 Å². The molecular weight excluding hydrogens is 264 g/mol. The largest absolute Gasteiger partial charge is 0.381 e. The second kappa shape index (κ2) is 6.55. The highest BCUT2D eigenvalue weighted by atomic mass is 32.2. The lowest BCUT2D eigenvalue weighted by Crippen LogP contribution is -2.33. The summed E-state index contributed by atoms with van der Waals surface area (Å²) in [6.07, 6.45) is 10.8. The molecule has 0 bridgehead atoms. The van der Waals surface area contributed by atoms with Crippen molar-refractivity contribution in [2.75, 3.05) is 26.1 Å². The minimum atomic E-state index is -3.26. The summed E-state index contributed by atoms with van der Waals surface area (Å²) in [5.41, 5.74) is 0.567. The summed E-state index contributed by atoms with van der Waals surface area (Å²) in [7, 11) is -3.26. The molecule has 0 aromatic rings. The zero-order chi connectivity index (χ0) is 13.8. The van der Waals surface area contributed by atoms with Crippen LogP contribution in [0.15, 0.2) is 0 Å². The normalized spacial score (nSPS) is 24.7. The Balaban J connectivity index is 1.63. The van der Waals surface area contributed by atoms with Crippen molar-refractivity contribution >= 4 is 10.1 Å². The van der Waals surface area contributed by atoms with Crippen LogP contribution in [0.25, 0.3) is 0 Å². The second-order valence-corrected chi connectivity index (χ2v) is 7.87. The maximum Gasteiger partial charge on any atom is 0.264 e. The van der Waals surface area contributed by atoms with Crippen LogP contribution < -0.4 is 0 Å². The molecule has 1 saturated heterocycles. The Morgan fingerprint density at radius 3 is 2.37 bits per heavy atom. The molecule has 0 N–H and O–H groups in total. The van der Waals surface area contributed by atoms with Crippen LogP contribution in [-0.2, 0) is 19.0 Å². The second-order valence-electron chi connectivity index (χ2n) is 6.22. The van der Waals surface area contributed by atoms with E-state index in [1.165, 1.54) is 38.5 Å². The van der Waals surface area contributed by atoms with E-state index in [9.17, 15) is 8.42 Å². The van der Waals surface area contributed by atoms with Gasteiger partial charge in [-0.15, -0.1) is 0 Å². The fourth-order valence-corrected chi connectivity index (χ4v) is 3.89. The van der Waals surface area contributed by atoms with Crippen LogP contribution in [0.4, 0.5) is 0 Å². The molecule has 4 nitrogen and oxygen atoms in total. The highest BCUT2D eigenvalue weighted by Crippen LogP contribution is 2.46. The van der Waals surface area contributed by atoms with Crippen molar-refractivity contribution in [2.45, 2.75) is 51.4 Å². The molecule has 1 aliphatic carbocycles. The number of rotatable bonds is 5. The molecule has 1 spiro atoms. The topological polar surface area (TPSA) is 52.6 Å². The lowest BCUT2D eigenvalue weighted by atomic mass is 9.66. The molecular formula is C14H26O4S. The summed E-state index contributed by atoms with van der Waals surface area (Å²) in [4.78, 5) is 0. The van der Waals surface area contributed by atoms with Gasteiger partial charge in [0.2, 0.25) is 0 Å². The zero-order valence-corrected chi connectivity index (χ0v) is 12.7. The summed E-state index contributed by atoms with van der Waals surface area (Å²) in [5.74, 6) is 0.761. The van der Waals surface area contributed by atoms with E-state index in [0.717, 1.165) is 38.2 Å². The first-order chi connectivity index (χ1) is 8.99. The molecule has 19 heavy (non-hydrogen) atoms. The smallest absolute Gasteiger partial charge is 0.264 e. The van der Waals surface area contributed by atoms with Crippen molar-refractivity contribution in [3.8, 4) is 0 Å². The fourth-order valence-electron chi connectivity index (χ4n) is 3.47. The lowest BCUT2D eigenvalue weighted by Gasteiger charge is -2.42. The third kappa shape index (κ3) is 5.04. The third-order valence-electron chi connectivity index (χ3n) is 4.77. The Morgan fingerprint density at radius 1 is 1.16 bits per heavy atom. The van der Waals surface area contributed by atoms with Crippen molar-refractivity contribution in [2.24, 2.45) is 11.3 Å². The van der Waals surface area contributed by atoms with E-state index >= 15 is 0 Å². The lowest BCUT2D eigenvalue weighted by molar-refractivity contribution is -0.0137. The molecule has 0 atom stereocenters. The van der Waals surface area contributed by atoms with E-state index in [4.69, 9.17) is 8.92 Å². The van der Waals surface area contributed by atoms with Gasteiger partial charge in [-0.3, -0.25) is 4.18 Å². The Hall–Kier alpha value is -0.130. The van der Waals surface area contributed by atoms with Crippen molar-refractivity contribution in [1.82, 2.24) is 0 Å². The first-order valence-electron chi connectivity index (χ1n) is 7.41. The monoisotopic (exact) mass is 290 g/mol. The molecule has 112 valence electrons. The summed E-state index contributed by atoms with van der Waals surface area (Å²) in [5, 5.41) is 0. The van der Waals surface area contributed by atoms with Gasteiger partial charge in [-0.1, -0.05) is 0 Å². The maximum atomic E-state index is 10.9. The molecule has 1 aliphatic heterocycles. The molecule has 2 rings (SSSR count). The highest BCUT2D eigenvalue weighted by Gasteiger charge is 2.36. The quantitative estimate of drug-likeness (QED) is 0.577.